The van der Waals surface area contributed by atoms with Gasteiger partial charge in [-0.2, -0.15) is 0 Å². The van der Waals surface area contributed by atoms with Crippen molar-refractivity contribution in [2.75, 3.05) is 0 Å². The van der Waals surface area contributed by atoms with Crippen LogP contribution in [0.4, 0.5) is 0 Å². The van der Waals surface area contributed by atoms with Gasteiger partial charge in [0.15, 0.2) is 0 Å². The average Bonchev–Trinajstić information content (AvgIpc) is 2.66. The van der Waals surface area contributed by atoms with Crippen LogP contribution in [0.25, 0.3) is 0 Å². The normalized spacial score (nSPS) is 12.9. The first-order valence-electron chi connectivity index (χ1n) is 9.48. The lowest BCUT2D eigenvalue weighted by Crippen LogP contribution is -2.27. The second-order valence-corrected chi connectivity index (χ2v) is 6.85. The maximum absolute atomic E-state index is 12.4. The zero-order valence-electron chi connectivity index (χ0n) is 16.5. The van der Waals surface area contributed by atoms with Crippen molar-refractivity contribution < 1.29 is 19.1 Å². The molecular formula is C23H28O4. The highest BCUT2D eigenvalue weighted by atomic mass is 16.6. The fourth-order valence-corrected chi connectivity index (χ4v) is 2.87. The first-order valence-corrected chi connectivity index (χ1v) is 9.48. The van der Waals surface area contributed by atoms with Gasteiger partial charge in [-0.15, -0.1) is 0 Å². The Kier molecular flexibility index (Phi) is 7.59. The van der Waals surface area contributed by atoms with E-state index in [1.54, 1.807) is 12.1 Å². The van der Waals surface area contributed by atoms with E-state index < -0.39 is 0 Å². The molecule has 0 saturated carbocycles. The predicted octanol–water partition coefficient (Wildman–Crippen LogP) is 5.26. The van der Waals surface area contributed by atoms with Crippen LogP contribution in [0, 0.1) is 13.8 Å². The van der Waals surface area contributed by atoms with Gasteiger partial charge in [0.2, 0.25) is 0 Å². The molecule has 0 aliphatic rings. The lowest BCUT2D eigenvalue weighted by molar-refractivity contribution is -0.00189. The summed E-state index contributed by atoms with van der Waals surface area (Å²) in [4.78, 5) is 24.8. The second kappa shape index (κ2) is 9.91. The van der Waals surface area contributed by atoms with Gasteiger partial charge in [-0.3, -0.25) is 0 Å². The summed E-state index contributed by atoms with van der Waals surface area (Å²) in [6.45, 7) is 7.80. The standard InChI is InChI=1S/C23H28O4/c1-5-20(26-22(24)18-11-7-9-16(3)13-18)15-21(6-2)27-23(25)19-12-8-10-17(4)14-19/h7-14,20-21H,5-6,15H2,1-4H3/t20-,21+. The number of carbonyl (C=O) groups is 2. The Bertz CT molecular complexity index is 716. The smallest absolute Gasteiger partial charge is 0.338 e. The Hall–Kier alpha value is -2.62. The van der Waals surface area contributed by atoms with Gasteiger partial charge in [0.05, 0.1) is 11.1 Å². The zero-order valence-corrected chi connectivity index (χ0v) is 16.5. The molecular weight excluding hydrogens is 340 g/mol. The minimum atomic E-state index is -0.342. The monoisotopic (exact) mass is 368 g/mol. The molecule has 0 saturated heterocycles. The Morgan fingerprint density at radius 1 is 0.778 bits per heavy atom. The molecule has 0 unspecified atom stereocenters. The van der Waals surface area contributed by atoms with E-state index in [1.807, 2.05) is 64.1 Å². The minimum absolute atomic E-state index is 0.298. The fraction of sp³-hybridized carbons (Fsp3) is 0.391. The van der Waals surface area contributed by atoms with E-state index in [2.05, 4.69) is 0 Å². The first-order chi connectivity index (χ1) is 12.9. The quantitative estimate of drug-likeness (QED) is 0.596. The largest absolute Gasteiger partial charge is 0.459 e. The molecule has 0 bridgehead atoms. The number of aryl methyl sites for hydroxylation is 2. The second-order valence-electron chi connectivity index (χ2n) is 6.85. The van der Waals surface area contributed by atoms with Gasteiger partial charge in [0.1, 0.15) is 12.2 Å². The van der Waals surface area contributed by atoms with Crippen molar-refractivity contribution in [2.45, 2.75) is 59.2 Å². The van der Waals surface area contributed by atoms with E-state index in [9.17, 15) is 9.59 Å². The highest BCUT2D eigenvalue weighted by Crippen LogP contribution is 2.17. The Morgan fingerprint density at radius 2 is 1.19 bits per heavy atom. The van der Waals surface area contributed by atoms with Crippen LogP contribution < -0.4 is 0 Å². The molecule has 2 aromatic carbocycles. The third kappa shape index (κ3) is 6.24. The summed E-state index contributed by atoms with van der Waals surface area (Å²) >= 11 is 0. The van der Waals surface area contributed by atoms with E-state index in [1.165, 1.54) is 0 Å². The molecule has 4 nitrogen and oxygen atoms in total. The van der Waals surface area contributed by atoms with Gasteiger partial charge in [-0.25, -0.2) is 9.59 Å². The highest BCUT2D eigenvalue weighted by molar-refractivity contribution is 5.90. The number of hydrogen-bond donors (Lipinski definition) is 0. The van der Waals surface area contributed by atoms with Gasteiger partial charge >= 0.3 is 11.9 Å². The Balaban J connectivity index is 1.98. The predicted molar refractivity (Wildman–Crippen MR) is 106 cm³/mol. The third-order valence-electron chi connectivity index (χ3n) is 4.49. The molecule has 2 atom stereocenters. The van der Waals surface area contributed by atoms with E-state index in [0.29, 0.717) is 30.4 Å². The topological polar surface area (TPSA) is 52.6 Å². The van der Waals surface area contributed by atoms with Crippen LogP contribution >= 0.6 is 0 Å². The minimum Gasteiger partial charge on any atom is -0.459 e. The summed E-state index contributed by atoms with van der Waals surface area (Å²) in [6, 6.07) is 14.7. The lowest BCUT2D eigenvalue weighted by Gasteiger charge is -2.22. The molecule has 4 heteroatoms. The fourth-order valence-electron chi connectivity index (χ4n) is 2.87. The van der Waals surface area contributed by atoms with Gasteiger partial charge in [0.25, 0.3) is 0 Å². The molecule has 144 valence electrons. The molecule has 0 N–H and O–H groups in total. The summed E-state index contributed by atoms with van der Waals surface area (Å²) in [6.07, 6.45) is 1.22. The van der Waals surface area contributed by atoms with Crippen molar-refractivity contribution in [1.82, 2.24) is 0 Å². The summed E-state index contributed by atoms with van der Waals surface area (Å²) < 4.78 is 11.3. The van der Waals surface area contributed by atoms with Gasteiger partial charge < -0.3 is 9.47 Å². The lowest BCUT2D eigenvalue weighted by atomic mass is 10.1. The van der Waals surface area contributed by atoms with E-state index in [-0.39, 0.29) is 24.1 Å². The SMILES string of the molecule is CC[C@H](C[C@H](CC)OC(=O)c1cccc(C)c1)OC(=O)c1cccc(C)c1. The third-order valence-corrected chi connectivity index (χ3v) is 4.49. The van der Waals surface area contributed by atoms with E-state index in [4.69, 9.17) is 9.47 Å². The Morgan fingerprint density at radius 3 is 1.52 bits per heavy atom. The van der Waals surface area contributed by atoms with Crippen molar-refractivity contribution in [3.05, 3.63) is 70.8 Å². The van der Waals surface area contributed by atoms with Crippen LogP contribution in [-0.4, -0.2) is 24.1 Å². The average molecular weight is 368 g/mol. The van der Waals surface area contributed by atoms with Crippen LogP contribution in [0.1, 0.15) is 65.0 Å². The zero-order chi connectivity index (χ0) is 19.8. The Labute approximate surface area is 161 Å². The molecule has 0 aliphatic heterocycles. The number of carbonyl (C=O) groups excluding carboxylic acids is 2. The molecule has 0 heterocycles. The number of ether oxygens (including phenoxy) is 2. The summed E-state index contributed by atoms with van der Waals surface area (Å²) in [5, 5.41) is 0. The van der Waals surface area contributed by atoms with Crippen molar-refractivity contribution in [2.24, 2.45) is 0 Å². The van der Waals surface area contributed by atoms with Gasteiger partial charge in [0, 0.05) is 6.42 Å². The highest BCUT2D eigenvalue weighted by Gasteiger charge is 2.22. The van der Waals surface area contributed by atoms with Crippen LogP contribution in [0.2, 0.25) is 0 Å². The van der Waals surface area contributed by atoms with E-state index in [0.717, 1.165) is 11.1 Å². The molecule has 2 rings (SSSR count). The summed E-state index contributed by atoms with van der Waals surface area (Å²) in [5.74, 6) is -0.684. The molecule has 0 aromatic heterocycles. The van der Waals surface area contributed by atoms with Crippen molar-refractivity contribution >= 4 is 11.9 Å². The van der Waals surface area contributed by atoms with Crippen molar-refractivity contribution in [3.63, 3.8) is 0 Å². The molecule has 0 spiro atoms. The van der Waals surface area contributed by atoms with Crippen LogP contribution in [0.15, 0.2) is 48.5 Å². The van der Waals surface area contributed by atoms with Crippen LogP contribution in [0.3, 0.4) is 0 Å². The number of esters is 2. The number of hydrogen-bond acceptors (Lipinski definition) is 4. The number of benzene rings is 2. The maximum Gasteiger partial charge on any atom is 0.338 e. The molecule has 0 aliphatic carbocycles. The molecule has 0 fully saturated rings. The molecule has 27 heavy (non-hydrogen) atoms. The van der Waals surface area contributed by atoms with E-state index >= 15 is 0 Å². The molecule has 0 amide bonds. The first kappa shape index (κ1) is 20.7. The van der Waals surface area contributed by atoms with Crippen molar-refractivity contribution in [1.29, 1.82) is 0 Å². The molecule has 0 radical (unpaired) electrons. The van der Waals surface area contributed by atoms with Gasteiger partial charge in [-0.05, 0) is 51.0 Å². The van der Waals surface area contributed by atoms with Gasteiger partial charge in [-0.1, -0.05) is 49.2 Å². The summed E-state index contributed by atoms with van der Waals surface area (Å²) in [7, 11) is 0. The summed E-state index contributed by atoms with van der Waals surface area (Å²) in [5.41, 5.74) is 3.10. The number of rotatable bonds is 8. The van der Waals surface area contributed by atoms with Crippen LogP contribution in [-0.2, 0) is 9.47 Å². The van der Waals surface area contributed by atoms with Crippen LogP contribution in [0.5, 0.6) is 0 Å². The molecule has 2 aromatic rings. The van der Waals surface area contributed by atoms with Crippen molar-refractivity contribution in [3.8, 4) is 0 Å². The maximum atomic E-state index is 12.4.